The molecule has 0 aliphatic carbocycles. The zero-order chi connectivity index (χ0) is 9.30. The first-order chi connectivity index (χ1) is 5.54. The zero-order valence-corrected chi connectivity index (χ0v) is 9.05. The summed E-state index contributed by atoms with van der Waals surface area (Å²) in [6.07, 6.45) is 0. The number of phenols is 1. The van der Waals surface area contributed by atoms with Gasteiger partial charge in [-0.25, -0.2) is 0 Å². The summed E-state index contributed by atoms with van der Waals surface area (Å²) < 4.78 is 0.833. The lowest BCUT2D eigenvalue weighted by atomic mass is 10.1. The molecule has 0 bridgehead atoms. The highest BCUT2D eigenvalue weighted by atomic mass is 127. The Labute approximate surface area is 84.7 Å². The minimum atomic E-state index is -0.0967. The molecule has 64 valence electrons. The number of hydrogen-bond donors (Lipinski definition) is 1. The van der Waals surface area contributed by atoms with Crippen LogP contribution in [0.1, 0.15) is 22.8 Å². The van der Waals surface area contributed by atoms with Crippen LogP contribution in [0, 0.1) is 10.5 Å². The SMILES string of the molecule is CC(=O)c1c(O)ccc(C)c1I. The second-order valence-corrected chi connectivity index (χ2v) is 3.73. The zero-order valence-electron chi connectivity index (χ0n) is 6.89. The maximum atomic E-state index is 11.1. The van der Waals surface area contributed by atoms with E-state index in [9.17, 15) is 9.90 Å². The Morgan fingerprint density at radius 1 is 1.50 bits per heavy atom. The largest absolute Gasteiger partial charge is 0.507 e. The minimum Gasteiger partial charge on any atom is -0.507 e. The van der Waals surface area contributed by atoms with Gasteiger partial charge in [-0.15, -0.1) is 0 Å². The molecule has 0 heterocycles. The Balaban J connectivity index is 3.43. The molecule has 0 spiro atoms. The van der Waals surface area contributed by atoms with Crippen molar-refractivity contribution >= 4 is 28.4 Å². The molecule has 1 aromatic carbocycles. The summed E-state index contributed by atoms with van der Waals surface area (Å²) in [6, 6.07) is 3.35. The maximum absolute atomic E-state index is 11.1. The number of ketones is 1. The summed E-state index contributed by atoms with van der Waals surface area (Å²) >= 11 is 2.06. The highest BCUT2D eigenvalue weighted by molar-refractivity contribution is 14.1. The average Bonchev–Trinajstić information content (AvgIpc) is 1.97. The van der Waals surface area contributed by atoms with E-state index in [4.69, 9.17) is 0 Å². The number of aromatic hydroxyl groups is 1. The van der Waals surface area contributed by atoms with Gasteiger partial charge in [0.05, 0.1) is 5.56 Å². The van der Waals surface area contributed by atoms with Crippen molar-refractivity contribution in [2.24, 2.45) is 0 Å². The molecular weight excluding hydrogens is 267 g/mol. The highest BCUT2D eigenvalue weighted by Gasteiger charge is 2.11. The van der Waals surface area contributed by atoms with Crippen LogP contribution in [0.15, 0.2) is 12.1 Å². The first kappa shape index (κ1) is 9.51. The van der Waals surface area contributed by atoms with Crippen molar-refractivity contribution in [1.29, 1.82) is 0 Å². The first-order valence-electron chi connectivity index (χ1n) is 3.53. The number of Topliss-reactive ketones (excluding diaryl/α,β-unsaturated/α-hetero) is 1. The number of aryl methyl sites for hydroxylation is 1. The Morgan fingerprint density at radius 3 is 2.50 bits per heavy atom. The number of phenolic OH excluding ortho intramolecular Hbond substituents is 1. The minimum absolute atomic E-state index is 0.0671. The quantitative estimate of drug-likeness (QED) is 0.632. The van der Waals surface area contributed by atoms with Crippen LogP contribution in [-0.4, -0.2) is 10.9 Å². The fourth-order valence-corrected chi connectivity index (χ4v) is 1.84. The number of benzene rings is 1. The van der Waals surface area contributed by atoms with Crippen LogP contribution < -0.4 is 0 Å². The van der Waals surface area contributed by atoms with E-state index in [-0.39, 0.29) is 11.5 Å². The summed E-state index contributed by atoms with van der Waals surface area (Å²) in [7, 11) is 0. The van der Waals surface area contributed by atoms with Gasteiger partial charge in [-0.3, -0.25) is 4.79 Å². The first-order valence-corrected chi connectivity index (χ1v) is 4.61. The summed E-state index contributed by atoms with van der Waals surface area (Å²) in [6.45, 7) is 3.37. The molecule has 0 fully saturated rings. The van der Waals surface area contributed by atoms with Gasteiger partial charge in [0.1, 0.15) is 5.75 Å². The van der Waals surface area contributed by atoms with Gasteiger partial charge >= 0.3 is 0 Å². The van der Waals surface area contributed by atoms with Crippen molar-refractivity contribution in [3.05, 3.63) is 26.8 Å². The van der Waals surface area contributed by atoms with Crippen molar-refractivity contribution in [3.8, 4) is 5.75 Å². The summed E-state index contributed by atoms with van der Waals surface area (Å²) in [5.41, 5.74) is 1.44. The number of rotatable bonds is 1. The predicted molar refractivity (Wildman–Crippen MR) is 55.6 cm³/mol. The topological polar surface area (TPSA) is 37.3 Å². The van der Waals surface area contributed by atoms with E-state index in [2.05, 4.69) is 22.6 Å². The molecule has 0 saturated heterocycles. The van der Waals surface area contributed by atoms with Crippen LogP contribution in [-0.2, 0) is 0 Å². The number of carbonyl (C=O) groups excluding carboxylic acids is 1. The van der Waals surface area contributed by atoms with E-state index in [1.165, 1.54) is 6.92 Å². The standard InChI is InChI=1S/C9H9IO2/c1-5-3-4-7(12)8(6(2)11)9(5)10/h3-4,12H,1-2H3. The molecule has 0 amide bonds. The Bertz CT molecular complexity index is 332. The number of hydrogen-bond acceptors (Lipinski definition) is 2. The van der Waals surface area contributed by atoms with Crippen molar-refractivity contribution in [1.82, 2.24) is 0 Å². The van der Waals surface area contributed by atoms with Crippen LogP contribution in [0.4, 0.5) is 0 Å². The van der Waals surface area contributed by atoms with Crippen LogP contribution in [0.5, 0.6) is 5.75 Å². The molecule has 1 aromatic rings. The molecule has 0 aliphatic rings. The lowest BCUT2D eigenvalue weighted by Crippen LogP contribution is -1.98. The molecule has 12 heavy (non-hydrogen) atoms. The van der Waals surface area contributed by atoms with E-state index < -0.39 is 0 Å². The van der Waals surface area contributed by atoms with Crippen molar-refractivity contribution in [2.75, 3.05) is 0 Å². The molecule has 1 rings (SSSR count). The van der Waals surface area contributed by atoms with Crippen molar-refractivity contribution in [2.45, 2.75) is 13.8 Å². The smallest absolute Gasteiger partial charge is 0.164 e. The van der Waals surface area contributed by atoms with Gasteiger partial charge in [-0.05, 0) is 48.1 Å². The fourth-order valence-electron chi connectivity index (χ4n) is 1.00. The number of carbonyl (C=O) groups is 1. The van der Waals surface area contributed by atoms with Gasteiger partial charge in [0, 0.05) is 3.57 Å². The van der Waals surface area contributed by atoms with Crippen LogP contribution in [0.2, 0.25) is 0 Å². The molecule has 3 heteroatoms. The van der Waals surface area contributed by atoms with Gasteiger partial charge < -0.3 is 5.11 Å². The van der Waals surface area contributed by atoms with Gasteiger partial charge in [-0.2, -0.15) is 0 Å². The van der Waals surface area contributed by atoms with Crippen LogP contribution in [0.25, 0.3) is 0 Å². The Morgan fingerprint density at radius 2 is 2.08 bits per heavy atom. The second kappa shape index (κ2) is 3.43. The molecular formula is C9H9IO2. The molecule has 0 radical (unpaired) electrons. The lowest BCUT2D eigenvalue weighted by molar-refractivity contribution is 0.101. The monoisotopic (exact) mass is 276 g/mol. The van der Waals surface area contributed by atoms with E-state index in [1.54, 1.807) is 12.1 Å². The van der Waals surface area contributed by atoms with E-state index in [0.29, 0.717) is 5.56 Å². The predicted octanol–water partition coefficient (Wildman–Crippen LogP) is 2.51. The third-order valence-corrected chi connectivity index (χ3v) is 3.06. The summed E-state index contributed by atoms with van der Waals surface area (Å²) in [4.78, 5) is 11.1. The Hall–Kier alpha value is -0.580. The second-order valence-electron chi connectivity index (χ2n) is 2.65. The normalized spacial score (nSPS) is 9.92. The van der Waals surface area contributed by atoms with E-state index in [0.717, 1.165) is 9.13 Å². The van der Waals surface area contributed by atoms with Crippen molar-refractivity contribution < 1.29 is 9.90 Å². The number of halogens is 1. The molecule has 0 aromatic heterocycles. The van der Waals surface area contributed by atoms with Gasteiger partial charge in [0.2, 0.25) is 0 Å². The summed E-state index contributed by atoms with van der Waals surface area (Å²) in [5.74, 6) is -0.0295. The maximum Gasteiger partial charge on any atom is 0.164 e. The van der Waals surface area contributed by atoms with Crippen LogP contribution in [0.3, 0.4) is 0 Å². The Kier molecular flexibility index (Phi) is 2.72. The molecule has 0 aliphatic heterocycles. The molecule has 0 atom stereocenters. The highest BCUT2D eigenvalue weighted by Crippen LogP contribution is 2.25. The van der Waals surface area contributed by atoms with E-state index in [1.807, 2.05) is 6.92 Å². The fraction of sp³-hybridized carbons (Fsp3) is 0.222. The van der Waals surface area contributed by atoms with Gasteiger partial charge in [-0.1, -0.05) is 6.07 Å². The summed E-state index contributed by atoms with van der Waals surface area (Å²) in [5, 5.41) is 9.36. The average molecular weight is 276 g/mol. The third kappa shape index (κ3) is 1.60. The van der Waals surface area contributed by atoms with Gasteiger partial charge in [0.15, 0.2) is 5.78 Å². The third-order valence-electron chi connectivity index (χ3n) is 1.67. The molecule has 2 nitrogen and oxygen atoms in total. The molecule has 0 unspecified atom stereocenters. The van der Waals surface area contributed by atoms with E-state index >= 15 is 0 Å². The molecule has 0 saturated carbocycles. The van der Waals surface area contributed by atoms with Crippen LogP contribution >= 0.6 is 22.6 Å². The lowest BCUT2D eigenvalue weighted by Gasteiger charge is -2.05. The van der Waals surface area contributed by atoms with Gasteiger partial charge in [0.25, 0.3) is 0 Å². The molecule has 1 N–H and O–H groups in total. The van der Waals surface area contributed by atoms with Crippen molar-refractivity contribution in [3.63, 3.8) is 0 Å².